The Hall–Kier alpha value is 0. The molecule has 4 unspecified atom stereocenters. The second-order valence-corrected chi connectivity index (χ2v) is 5.71. The van der Waals surface area contributed by atoms with Crippen LogP contribution >= 0.6 is 0 Å². The lowest BCUT2D eigenvalue weighted by Crippen LogP contribution is -2.31. The fourth-order valence-corrected chi connectivity index (χ4v) is 4.61. The van der Waals surface area contributed by atoms with Crippen molar-refractivity contribution in [3.8, 4) is 0 Å². The Morgan fingerprint density at radius 2 is 1.92 bits per heavy atom. The summed E-state index contributed by atoms with van der Waals surface area (Å²) in [5, 5.41) is 0. The van der Waals surface area contributed by atoms with Crippen molar-refractivity contribution >= 4 is 0 Å². The van der Waals surface area contributed by atoms with Crippen LogP contribution in [0.2, 0.25) is 0 Å². The minimum Gasteiger partial charge on any atom is -0.0594 e. The summed E-state index contributed by atoms with van der Waals surface area (Å²) in [4.78, 5) is 0. The van der Waals surface area contributed by atoms with Crippen molar-refractivity contribution in [1.82, 2.24) is 0 Å². The van der Waals surface area contributed by atoms with E-state index in [0.29, 0.717) is 0 Å². The van der Waals surface area contributed by atoms with Gasteiger partial charge in [0.2, 0.25) is 0 Å². The van der Waals surface area contributed by atoms with Gasteiger partial charge in [-0.15, -0.1) is 0 Å². The molecule has 3 aliphatic rings. The first kappa shape index (κ1) is 7.41. The lowest BCUT2D eigenvalue weighted by Gasteiger charge is -2.40. The molecule has 0 heterocycles. The number of fused-ring (bicyclic) bond motifs is 5. The molecule has 2 bridgehead atoms. The van der Waals surface area contributed by atoms with E-state index in [9.17, 15) is 0 Å². The quantitative estimate of drug-likeness (QED) is 0.513. The summed E-state index contributed by atoms with van der Waals surface area (Å²) < 4.78 is 0. The van der Waals surface area contributed by atoms with Gasteiger partial charge in [0.15, 0.2) is 0 Å². The van der Waals surface area contributed by atoms with E-state index in [1.807, 2.05) is 0 Å². The van der Waals surface area contributed by atoms with Crippen LogP contribution in [0.3, 0.4) is 0 Å². The van der Waals surface area contributed by atoms with Crippen LogP contribution in [0.5, 0.6) is 0 Å². The van der Waals surface area contributed by atoms with Crippen LogP contribution in [0.25, 0.3) is 0 Å². The van der Waals surface area contributed by atoms with E-state index in [1.165, 1.54) is 12.8 Å². The van der Waals surface area contributed by atoms with Crippen LogP contribution in [0, 0.1) is 23.2 Å². The van der Waals surface area contributed by atoms with Gasteiger partial charge in [0, 0.05) is 0 Å². The third kappa shape index (κ3) is 0.791. The van der Waals surface area contributed by atoms with Crippen LogP contribution in [0.4, 0.5) is 0 Å². The smallest absolute Gasteiger partial charge is 0.0292 e. The van der Waals surface area contributed by atoms with Gasteiger partial charge in [-0.25, -0.2) is 0 Å². The van der Waals surface area contributed by atoms with Gasteiger partial charge in [-0.05, 0) is 55.3 Å². The van der Waals surface area contributed by atoms with Gasteiger partial charge in [-0.2, -0.15) is 0 Å². The van der Waals surface area contributed by atoms with Crippen LogP contribution in [-0.4, -0.2) is 0 Å². The molecule has 0 heteroatoms. The SMILES string of the molecule is CC12CCC(C1)C1CCCCC12. The molecule has 0 saturated heterocycles. The average Bonchev–Trinajstić information content (AvgIpc) is 2.60. The molecule has 4 atom stereocenters. The highest BCUT2D eigenvalue weighted by atomic mass is 14.6. The molecule has 3 aliphatic carbocycles. The fourth-order valence-electron chi connectivity index (χ4n) is 4.61. The van der Waals surface area contributed by atoms with Gasteiger partial charge in [-0.3, -0.25) is 0 Å². The average molecular weight is 164 g/mol. The number of hydrogen-bond acceptors (Lipinski definition) is 0. The second kappa shape index (κ2) is 2.27. The lowest BCUT2D eigenvalue weighted by molar-refractivity contribution is 0.101. The van der Waals surface area contributed by atoms with E-state index in [2.05, 4.69) is 6.92 Å². The highest BCUT2D eigenvalue weighted by Gasteiger charge is 2.54. The number of rotatable bonds is 0. The topological polar surface area (TPSA) is 0 Å². The summed E-state index contributed by atoms with van der Waals surface area (Å²) in [7, 11) is 0. The zero-order valence-corrected chi connectivity index (χ0v) is 8.18. The van der Waals surface area contributed by atoms with Crippen molar-refractivity contribution in [2.24, 2.45) is 23.2 Å². The highest BCUT2D eigenvalue weighted by Crippen LogP contribution is 2.64. The maximum atomic E-state index is 2.57. The normalized spacial score (nSPS) is 57.2. The summed E-state index contributed by atoms with van der Waals surface area (Å²) in [6, 6.07) is 0. The number of hydrogen-bond donors (Lipinski definition) is 0. The van der Waals surface area contributed by atoms with E-state index >= 15 is 0 Å². The van der Waals surface area contributed by atoms with Crippen LogP contribution in [-0.2, 0) is 0 Å². The molecule has 0 spiro atoms. The summed E-state index contributed by atoms with van der Waals surface area (Å²) in [5.74, 6) is 3.46. The maximum absolute atomic E-state index is 2.57. The van der Waals surface area contributed by atoms with E-state index in [1.54, 1.807) is 32.1 Å². The molecular weight excluding hydrogens is 144 g/mol. The molecule has 0 aromatic heterocycles. The minimum atomic E-state index is 0.801. The Balaban J connectivity index is 1.91. The first-order chi connectivity index (χ1) is 5.80. The molecule has 0 aliphatic heterocycles. The van der Waals surface area contributed by atoms with Crippen molar-refractivity contribution in [2.45, 2.75) is 51.9 Å². The summed E-state index contributed by atoms with van der Waals surface area (Å²) in [6.45, 7) is 2.57. The van der Waals surface area contributed by atoms with Crippen LogP contribution in [0.1, 0.15) is 51.9 Å². The van der Waals surface area contributed by atoms with Gasteiger partial charge in [0.25, 0.3) is 0 Å². The summed E-state index contributed by atoms with van der Waals surface area (Å²) in [5.41, 5.74) is 0.801. The molecule has 3 saturated carbocycles. The molecule has 0 aromatic carbocycles. The molecule has 0 aromatic rings. The minimum absolute atomic E-state index is 0.801. The third-order valence-corrected chi connectivity index (χ3v) is 5.13. The highest BCUT2D eigenvalue weighted by molar-refractivity contribution is 5.04. The summed E-state index contributed by atoms with van der Waals surface area (Å²) in [6.07, 6.45) is 10.9. The Kier molecular flexibility index (Phi) is 1.40. The molecular formula is C12H20. The Morgan fingerprint density at radius 3 is 2.75 bits per heavy atom. The van der Waals surface area contributed by atoms with Crippen LogP contribution < -0.4 is 0 Å². The standard InChI is InChI=1S/C12H20/c1-12-7-6-9(8-12)10-4-2-3-5-11(10)12/h9-11H,2-8H2,1H3. The zero-order valence-electron chi connectivity index (χ0n) is 8.18. The Morgan fingerprint density at radius 1 is 1.08 bits per heavy atom. The molecule has 3 rings (SSSR count). The largest absolute Gasteiger partial charge is 0.0594 e. The van der Waals surface area contributed by atoms with Gasteiger partial charge < -0.3 is 0 Å². The van der Waals surface area contributed by atoms with Crippen molar-refractivity contribution in [3.63, 3.8) is 0 Å². The molecule has 12 heavy (non-hydrogen) atoms. The van der Waals surface area contributed by atoms with E-state index in [-0.39, 0.29) is 0 Å². The fraction of sp³-hybridized carbons (Fsp3) is 1.00. The van der Waals surface area contributed by atoms with E-state index in [4.69, 9.17) is 0 Å². The van der Waals surface area contributed by atoms with Gasteiger partial charge >= 0.3 is 0 Å². The first-order valence-electron chi connectivity index (χ1n) is 5.80. The lowest BCUT2D eigenvalue weighted by atomic mass is 9.65. The Bertz CT molecular complexity index is 196. The molecule has 0 nitrogen and oxygen atoms in total. The van der Waals surface area contributed by atoms with E-state index < -0.39 is 0 Å². The van der Waals surface area contributed by atoms with Crippen LogP contribution in [0.15, 0.2) is 0 Å². The Labute approximate surface area is 75.7 Å². The van der Waals surface area contributed by atoms with Crippen molar-refractivity contribution in [1.29, 1.82) is 0 Å². The van der Waals surface area contributed by atoms with E-state index in [0.717, 1.165) is 23.2 Å². The predicted octanol–water partition coefficient (Wildman–Crippen LogP) is 3.61. The second-order valence-electron chi connectivity index (χ2n) is 5.71. The molecule has 0 N–H and O–H groups in total. The molecule has 0 radical (unpaired) electrons. The first-order valence-corrected chi connectivity index (χ1v) is 5.80. The van der Waals surface area contributed by atoms with Crippen molar-refractivity contribution in [2.75, 3.05) is 0 Å². The molecule has 3 fully saturated rings. The van der Waals surface area contributed by atoms with Gasteiger partial charge in [-0.1, -0.05) is 19.8 Å². The van der Waals surface area contributed by atoms with Gasteiger partial charge in [0.1, 0.15) is 0 Å². The maximum Gasteiger partial charge on any atom is -0.0292 e. The monoisotopic (exact) mass is 164 g/mol. The zero-order chi connectivity index (χ0) is 8.18. The molecule has 0 amide bonds. The third-order valence-electron chi connectivity index (χ3n) is 5.13. The summed E-state index contributed by atoms with van der Waals surface area (Å²) >= 11 is 0. The van der Waals surface area contributed by atoms with Crippen molar-refractivity contribution < 1.29 is 0 Å². The van der Waals surface area contributed by atoms with Gasteiger partial charge in [0.05, 0.1) is 0 Å². The van der Waals surface area contributed by atoms with Crippen molar-refractivity contribution in [3.05, 3.63) is 0 Å². The predicted molar refractivity (Wildman–Crippen MR) is 50.9 cm³/mol. The molecule has 68 valence electrons.